The molecule has 2 N–H and O–H groups in total. The number of amides is 1. The molecule has 1 amide bonds. The van der Waals surface area contributed by atoms with Crippen molar-refractivity contribution in [1.82, 2.24) is 19.0 Å². The molecule has 2 atom stereocenters. The number of aliphatic hydroxyl groups is 1. The Morgan fingerprint density at radius 3 is 2.53 bits per heavy atom. The molecule has 2 saturated heterocycles. The molecule has 1 aliphatic carbocycles. The summed E-state index contributed by atoms with van der Waals surface area (Å²) in [4.78, 5) is 65.5. The molecule has 0 spiro atoms. The van der Waals surface area contributed by atoms with E-state index in [9.17, 15) is 29.4 Å². The Morgan fingerprint density at radius 2 is 1.84 bits per heavy atom. The van der Waals surface area contributed by atoms with Crippen LogP contribution in [0.2, 0.25) is 5.02 Å². The minimum absolute atomic E-state index is 0.0416. The van der Waals surface area contributed by atoms with Crippen LogP contribution < -0.4 is 20.9 Å². The Bertz CT molecular complexity index is 2250. The quantitative estimate of drug-likeness (QED) is 0.273. The lowest BCUT2D eigenvalue weighted by atomic mass is 10.1. The summed E-state index contributed by atoms with van der Waals surface area (Å²) in [7, 11) is 0. The molecule has 14 nitrogen and oxygen atoms in total. The van der Waals surface area contributed by atoms with E-state index in [1.807, 2.05) is 4.90 Å². The van der Waals surface area contributed by atoms with Crippen LogP contribution in [0.15, 0.2) is 63.4 Å². The number of carboxylic acids is 1. The number of benzene rings is 2. The first kappa shape index (κ1) is 33.5. The van der Waals surface area contributed by atoms with Crippen LogP contribution in [0.25, 0.3) is 10.9 Å². The van der Waals surface area contributed by atoms with Crippen LogP contribution in [0.4, 0.5) is 21.6 Å². The SMILES string of the molecule is O=C(O)c1cn(C2CC2)c2cc(N3CCN(CN4C(=O)C(=Nc5ccn([C@H]6CS[C@@H](CO)O6)c(=O)n5)c5cc(Cl)ccc54)CC3)c(F)cc2c1=O. The number of nitrogens with zero attached hydrogens (tertiary/aromatic N) is 7. The third-order valence-electron chi connectivity index (χ3n) is 9.51. The number of aliphatic hydroxyl groups excluding tert-OH is 1. The Labute approximate surface area is 298 Å². The highest BCUT2D eigenvalue weighted by Crippen LogP contribution is 2.39. The molecule has 4 aliphatic rings. The third kappa shape index (κ3) is 6.20. The molecule has 3 fully saturated rings. The lowest BCUT2D eigenvalue weighted by Gasteiger charge is -2.38. The predicted octanol–water partition coefficient (Wildman–Crippen LogP) is 3.21. The Hall–Kier alpha value is -4.61. The molecule has 4 aromatic rings. The van der Waals surface area contributed by atoms with Gasteiger partial charge in [0.15, 0.2) is 5.82 Å². The average molecular weight is 736 g/mol. The fourth-order valence-electron chi connectivity index (χ4n) is 6.76. The van der Waals surface area contributed by atoms with Crippen LogP contribution >= 0.6 is 23.4 Å². The largest absolute Gasteiger partial charge is 0.477 e. The number of fused-ring (bicyclic) bond motifs is 2. The summed E-state index contributed by atoms with van der Waals surface area (Å²) in [6.07, 6.45) is 3.99. The van der Waals surface area contributed by atoms with E-state index in [4.69, 9.17) is 16.3 Å². The second-order valence-corrected chi connectivity index (χ2v) is 14.4. The number of thioether (sulfide) groups is 1. The van der Waals surface area contributed by atoms with E-state index in [-0.39, 0.29) is 47.7 Å². The van der Waals surface area contributed by atoms with Crippen LogP contribution in [0, 0.1) is 5.82 Å². The smallest absolute Gasteiger partial charge is 0.351 e. The fourth-order valence-corrected chi connectivity index (χ4v) is 7.86. The number of carboxylic acid groups (broad SMARTS) is 1. The monoisotopic (exact) mass is 735 g/mol. The normalized spacial score (nSPS) is 21.6. The number of halogens is 2. The zero-order valence-corrected chi connectivity index (χ0v) is 28.5. The van der Waals surface area contributed by atoms with E-state index in [0.29, 0.717) is 59.4 Å². The standard InChI is InChI=1S/C34H31ClFN7O7S/c35-18-1-4-24-20(11-18)30(37-27-5-6-41(34(49)38-27)28-16-51-29(15-44)50-28)32(46)43(24)17-39-7-9-40(10-8-39)26-13-25-21(12-23(26)36)31(45)22(33(47)48)14-42(25)19-2-3-19/h1,4-6,11-14,19,28-29,44H,2-3,7-10,15-17H2,(H,47,48)/t28-,29+/m1/s1. The lowest BCUT2D eigenvalue weighted by molar-refractivity contribution is -0.112. The van der Waals surface area contributed by atoms with Gasteiger partial charge < -0.3 is 24.4 Å². The van der Waals surface area contributed by atoms with Crippen LogP contribution in [0.3, 0.4) is 0 Å². The summed E-state index contributed by atoms with van der Waals surface area (Å²) in [5.74, 6) is -1.81. The minimum Gasteiger partial charge on any atom is -0.477 e. The highest BCUT2D eigenvalue weighted by Gasteiger charge is 2.36. The van der Waals surface area contributed by atoms with E-state index in [1.165, 1.54) is 34.8 Å². The van der Waals surface area contributed by atoms with Crippen molar-refractivity contribution in [3.8, 4) is 0 Å². The second-order valence-electron chi connectivity index (χ2n) is 12.7. The lowest BCUT2D eigenvalue weighted by Crippen LogP contribution is -2.51. The second kappa shape index (κ2) is 13.2. The highest BCUT2D eigenvalue weighted by atomic mass is 35.5. The van der Waals surface area contributed by atoms with Gasteiger partial charge in [0.2, 0.25) is 5.43 Å². The van der Waals surface area contributed by atoms with Gasteiger partial charge in [-0.25, -0.2) is 19.0 Å². The molecule has 1 saturated carbocycles. The minimum atomic E-state index is -1.34. The number of anilines is 2. The number of piperazine rings is 1. The van der Waals surface area contributed by atoms with E-state index in [1.54, 1.807) is 33.7 Å². The first-order chi connectivity index (χ1) is 24.6. The van der Waals surface area contributed by atoms with Gasteiger partial charge in [-0.05, 0) is 49.2 Å². The number of aromatic carboxylic acids is 1. The van der Waals surface area contributed by atoms with Crippen molar-refractivity contribution in [3.05, 3.63) is 91.5 Å². The van der Waals surface area contributed by atoms with Crippen molar-refractivity contribution < 1.29 is 28.9 Å². The number of pyridine rings is 1. The summed E-state index contributed by atoms with van der Waals surface area (Å²) in [6, 6.07) is 9.44. The van der Waals surface area contributed by atoms with Crippen molar-refractivity contribution in [2.75, 3.05) is 55.0 Å². The van der Waals surface area contributed by atoms with Gasteiger partial charge >= 0.3 is 11.7 Å². The van der Waals surface area contributed by atoms with Gasteiger partial charge in [-0.3, -0.25) is 24.0 Å². The molecule has 0 bridgehead atoms. The van der Waals surface area contributed by atoms with Gasteiger partial charge in [0.1, 0.15) is 28.8 Å². The topological polar surface area (TPSA) is 163 Å². The summed E-state index contributed by atoms with van der Waals surface area (Å²) in [6.45, 7) is 1.89. The van der Waals surface area contributed by atoms with Crippen LogP contribution in [-0.4, -0.2) is 97.5 Å². The van der Waals surface area contributed by atoms with Gasteiger partial charge in [-0.15, -0.1) is 11.8 Å². The molecular weight excluding hydrogens is 705 g/mol. The van der Waals surface area contributed by atoms with Crippen molar-refractivity contribution >= 4 is 69.0 Å². The van der Waals surface area contributed by atoms with Crippen molar-refractivity contribution in [2.24, 2.45) is 4.99 Å². The summed E-state index contributed by atoms with van der Waals surface area (Å²) >= 11 is 7.72. The summed E-state index contributed by atoms with van der Waals surface area (Å²) in [5.41, 5.74) is -0.0791. The molecule has 8 rings (SSSR count). The Morgan fingerprint density at radius 1 is 1.06 bits per heavy atom. The molecule has 3 aliphatic heterocycles. The number of hydrogen-bond donors (Lipinski definition) is 2. The van der Waals surface area contributed by atoms with Crippen LogP contribution in [0.5, 0.6) is 0 Å². The van der Waals surface area contributed by atoms with Gasteiger partial charge in [-0.2, -0.15) is 4.98 Å². The van der Waals surface area contributed by atoms with E-state index in [0.717, 1.165) is 18.9 Å². The first-order valence-corrected chi connectivity index (χ1v) is 17.8. The fraction of sp³-hybridized carbons (Fsp3) is 0.353. The molecule has 0 radical (unpaired) electrons. The predicted molar refractivity (Wildman–Crippen MR) is 189 cm³/mol. The van der Waals surface area contributed by atoms with Gasteiger partial charge in [-0.1, -0.05) is 11.6 Å². The highest BCUT2D eigenvalue weighted by molar-refractivity contribution is 8.00. The Balaban J connectivity index is 1.01. The van der Waals surface area contributed by atoms with Gasteiger partial charge in [0.05, 0.1) is 30.2 Å². The van der Waals surface area contributed by atoms with Crippen LogP contribution in [-0.2, 0) is 9.53 Å². The average Bonchev–Trinajstić information content (AvgIpc) is 3.80. The maximum absolute atomic E-state index is 15.5. The maximum atomic E-state index is 15.5. The number of rotatable bonds is 8. The summed E-state index contributed by atoms with van der Waals surface area (Å²) < 4.78 is 24.3. The number of ether oxygens (including phenoxy) is 1. The van der Waals surface area contributed by atoms with Crippen molar-refractivity contribution in [2.45, 2.75) is 30.5 Å². The van der Waals surface area contributed by atoms with Crippen molar-refractivity contribution in [3.63, 3.8) is 0 Å². The zero-order valence-electron chi connectivity index (χ0n) is 26.9. The van der Waals surface area contributed by atoms with E-state index in [2.05, 4.69) is 14.9 Å². The summed E-state index contributed by atoms with van der Waals surface area (Å²) in [5, 5.41) is 19.4. The van der Waals surface area contributed by atoms with Crippen molar-refractivity contribution in [1.29, 1.82) is 0 Å². The molecule has 264 valence electrons. The molecule has 0 unspecified atom stereocenters. The zero-order chi connectivity index (χ0) is 35.6. The third-order valence-corrected chi connectivity index (χ3v) is 10.9. The van der Waals surface area contributed by atoms with E-state index < -0.39 is 34.6 Å². The van der Waals surface area contributed by atoms with Gasteiger partial charge in [0.25, 0.3) is 5.91 Å². The molecule has 5 heterocycles. The molecule has 2 aromatic carbocycles. The Kier molecular flexibility index (Phi) is 8.66. The number of hydrogen-bond acceptors (Lipinski definition) is 11. The molecule has 17 heteroatoms. The number of aromatic nitrogens is 3. The molecule has 2 aromatic heterocycles. The van der Waals surface area contributed by atoms with E-state index >= 15 is 4.39 Å². The molecule has 51 heavy (non-hydrogen) atoms. The number of carbonyl (C=O) groups is 2. The number of aliphatic imine (C=N–C) groups is 1. The maximum Gasteiger partial charge on any atom is 0.351 e. The first-order valence-electron chi connectivity index (χ1n) is 16.4. The number of carbonyl (C=O) groups excluding carboxylic acids is 1. The van der Waals surface area contributed by atoms with Crippen LogP contribution in [0.1, 0.15) is 41.0 Å². The molecular formula is C34H31ClFN7O7S. The van der Waals surface area contributed by atoms with Gasteiger partial charge in [0, 0.05) is 66.3 Å².